The zero-order valence-electron chi connectivity index (χ0n) is 10.3. The Morgan fingerprint density at radius 2 is 1.93 bits per heavy atom. The first-order valence-electron chi connectivity index (χ1n) is 5.44. The van der Waals surface area contributed by atoms with Gasteiger partial charge in [-0.3, -0.25) is 4.79 Å². The van der Waals surface area contributed by atoms with E-state index in [9.17, 15) is 9.90 Å². The average Bonchev–Trinajstić information content (AvgIpc) is 1.98. The molecule has 4 nitrogen and oxygen atoms in total. The van der Waals surface area contributed by atoms with Gasteiger partial charge in [-0.25, -0.2) is 0 Å². The van der Waals surface area contributed by atoms with Gasteiger partial charge < -0.3 is 16.2 Å². The van der Waals surface area contributed by atoms with Gasteiger partial charge in [0.2, 0.25) is 5.91 Å². The molecule has 4 heteroatoms. The standard InChI is InChI=1S/C11H24N2O2/c1-5-6-11(4,15)8-13-9(14)7-10(2,3)12/h15H,5-8,12H2,1-4H3,(H,13,14). The number of hydrogen-bond acceptors (Lipinski definition) is 3. The van der Waals surface area contributed by atoms with E-state index in [1.54, 1.807) is 20.8 Å². The lowest BCUT2D eigenvalue weighted by Gasteiger charge is -2.24. The fourth-order valence-corrected chi connectivity index (χ4v) is 1.39. The van der Waals surface area contributed by atoms with Crippen molar-refractivity contribution in [3.8, 4) is 0 Å². The minimum absolute atomic E-state index is 0.112. The number of carbonyl (C=O) groups is 1. The van der Waals surface area contributed by atoms with Crippen LogP contribution in [0.1, 0.15) is 47.0 Å². The molecule has 1 amide bonds. The van der Waals surface area contributed by atoms with Crippen LogP contribution in [-0.4, -0.2) is 28.7 Å². The molecule has 15 heavy (non-hydrogen) atoms. The molecule has 0 aliphatic rings. The molecule has 4 N–H and O–H groups in total. The van der Waals surface area contributed by atoms with Crippen LogP contribution in [-0.2, 0) is 4.79 Å². The highest BCUT2D eigenvalue weighted by Crippen LogP contribution is 2.10. The van der Waals surface area contributed by atoms with Crippen molar-refractivity contribution in [2.45, 2.75) is 58.1 Å². The van der Waals surface area contributed by atoms with E-state index in [1.807, 2.05) is 6.92 Å². The van der Waals surface area contributed by atoms with E-state index < -0.39 is 11.1 Å². The van der Waals surface area contributed by atoms with Gasteiger partial charge in [0, 0.05) is 18.5 Å². The number of rotatable bonds is 6. The number of nitrogens with two attached hydrogens (primary N) is 1. The van der Waals surface area contributed by atoms with E-state index >= 15 is 0 Å². The molecule has 0 fully saturated rings. The zero-order valence-corrected chi connectivity index (χ0v) is 10.3. The number of hydrogen-bond donors (Lipinski definition) is 3. The van der Waals surface area contributed by atoms with Crippen LogP contribution in [0.2, 0.25) is 0 Å². The number of carbonyl (C=O) groups excluding carboxylic acids is 1. The first-order valence-corrected chi connectivity index (χ1v) is 5.44. The Balaban J connectivity index is 3.90. The van der Waals surface area contributed by atoms with E-state index in [-0.39, 0.29) is 18.9 Å². The molecule has 0 heterocycles. The third-order valence-electron chi connectivity index (χ3n) is 2.07. The Morgan fingerprint density at radius 3 is 2.33 bits per heavy atom. The van der Waals surface area contributed by atoms with Crippen molar-refractivity contribution in [1.82, 2.24) is 5.32 Å². The molecule has 0 spiro atoms. The van der Waals surface area contributed by atoms with Gasteiger partial charge in [0.05, 0.1) is 5.60 Å². The second kappa shape index (κ2) is 5.47. The summed E-state index contributed by atoms with van der Waals surface area (Å²) in [5.74, 6) is -0.112. The van der Waals surface area contributed by atoms with Crippen LogP contribution < -0.4 is 11.1 Å². The Kier molecular flexibility index (Phi) is 5.24. The van der Waals surface area contributed by atoms with Crippen LogP contribution in [0.3, 0.4) is 0 Å². The van der Waals surface area contributed by atoms with Crippen molar-refractivity contribution in [2.75, 3.05) is 6.54 Å². The summed E-state index contributed by atoms with van der Waals surface area (Å²) in [7, 11) is 0. The SMILES string of the molecule is CCCC(C)(O)CNC(=O)CC(C)(C)N. The largest absolute Gasteiger partial charge is 0.388 e. The maximum atomic E-state index is 11.4. The Labute approximate surface area is 92.2 Å². The summed E-state index contributed by atoms with van der Waals surface area (Å²) in [6.07, 6.45) is 1.85. The van der Waals surface area contributed by atoms with Crippen molar-refractivity contribution >= 4 is 5.91 Å². The first-order chi connectivity index (χ1) is 6.66. The van der Waals surface area contributed by atoms with Gasteiger partial charge in [0.15, 0.2) is 0 Å². The molecule has 0 rings (SSSR count). The Hall–Kier alpha value is -0.610. The molecule has 0 saturated carbocycles. The van der Waals surface area contributed by atoms with Crippen LogP contribution in [0.4, 0.5) is 0 Å². The van der Waals surface area contributed by atoms with E-state index in [2.05, 4.69) is 5.32 Å². The molecule has 90 valence electrons. The highest BCUT2D eigenvalue weighted by molar-refractivity contribution is 5.77. The highest BCUT2D eigenvalue weighted by Gasteiger charge is 2.22. The number of nitrogens with one attached hydrogen (secondary N) is 1. The molecule has 0 aromatic rings. The van der Waals surface area contributed by atoms with E-state index in [4.69, 9.17) is 5.73 Å². The highest BCUT2D eigenvalue weighted by atomic mass is 16.3. The van der Waals surface area contributed by atoms with Gasteiger partial charge in [-0.2, -0.15) is 0 Å². The molecule has 0 aliphatic carbocycles. The van der Waals surface area contributed by atoms with Gasteiger partial charge in [0.1, 0.15) is 0 Å². The van der Waals surface area contributed by atoms with Gasteiger partial charge in [-0.15, -0.1) is 0 Å². The molecular formula is C11H24N2O2. The van der Waals surface area contributed by atoms with Crippen molar-refractivity contribution < 1.29 is 9.90 Å². The third kappa shape index (κ3) is 8.39. The van der Waals surface area contributed by atoms with E-state index in [1.165, 1.54) is 0 Å². The van der Waals surface area contributed by atoms with Crippen LogP contribution in [0, 0.1) is 0 Å². The summed E-state index contributed by atoms with van der Waals surface area (Å²) in [6.45, 7) is 7.62. The molecule has 0 aromatic carbocycles. The van der Waals surface area contributed by atoms with Crippen LogP contribution in [0.25, 0.3) is 0 Å². The van der Waals surface area contributed by atoms with Crippen LogP contribution in [0.5, 0.6) is 0 Å². The summed E-state index contributed by atoms with van der Waals surface area (Å²) in [4.78, 5) is 11.4. The minimum Gasteiger partial charge on any atom is -0.388 e. The van der Waals surface area contributed by atoms with E-state index in [0.29, 0.717) is 6.42 Å². The summed E-state index contributed by atoms with van der Waals surface area (Å²) < 4.78 is 0. The van der Waals surface area contributed by atoms with Crippen LogP contribution in [0.15, 0.2) is 0 Å². The maximum absolute atomic E-state index is 11.4. The van der Waals surface area contributed by atoms with Crippen molar-refractivity contribution in [3.05, 3.63) is 0 Å². The molecular weight excluding hydrogens is 192 g/mol. The summed E-state index contributed by atoms with van der Waals surface area (Å²) in [6, 6.07) is 0. The minimum atomic E-state index is -0.816. The fourth-order valence-electron chi connectivity index (χ4n) is 1.39. The Bertz CT molecular complexity index is 207. The van der Waals surface area contributed by atoms with Gasteiger partial charge in [-0.05, 0) is 27.2 Å². The molecule has 0 saturated heterocycles. The fraction of sp³-hybridized carbons (Fsp3) is 0.909. The van der Waals surface area contributed by atoms with Gasteiger partial charge in [0.25, 0.3) is 0 Å². The topological polar surface area (TPSA) is 75.3 Å². The first kappa shape index (κ1) is 14.4. The number of amides is 1. The summed E-state index contributed by atoms with van der Waals surface area (Å²) in [5.41, 5.74) is 4.40. The maximum Gasteiger partial charge on any atom is 0.221 e. The van der Waals surface area contributed by atoms with Crippen molar-refractivity contribution in [1.29, 1.82) is 0 Å². The monoisotopic (exact) mass is 216 g/mol. The second-order valence-corrected chi connectivity index (χ2v) is 5.19. The third-order valence-corrected chi connectivity index (χ3v) is 2.07. The Morgan fingerprint density at radius 1 is 1.40 bits per heavy atom. The van der Waals surface area contributed by atoms with Crippen molar-refractivity contribution in [3.63, 3.8) is 0 Å². The molecule has 0 aliphatic heterocycles. The van der Waals surface area contributed by atoms with Gasteiger partial charge >= 0.3 is 0 Å². The lowest BCUT2D eigenvalue weighted by Crippen LogP contribution is -2.44. The second-order valence-electron chi connectivity index (χ2n) is 5.19. The average molecular weight is 216 g/mol. The van der Waals surface area contributed by atoms with Crippen LogP contribution >= 0.6 is 0 Å². The number of aliphatic hydroxyl groups is 1. The zero-order chi connectivity index (χ0) is 12.1. The summed E-state index contributed by atoms with van der Waals surface area (Å²) >= 11 is 0. The van der Waals surface area contributed by atoms with E-state index in [0.717, 1.165) is 6.42 Å². The molecule has 1 unspecified atom stereocenters. The molecule has 0 bridgehead atoms. The smallest absolute Gasteiger partial charge is 0.221 e. The normalized spacial score (nSPS) is 15.9. The lowest BCUT2D eigenvalue weighted by molar-refractivity contribution is -0.123. The molecule has 1 atom stereocenters. The summed E-state index contributed by atoms with van der Waals surface area (Å²) in [5, 5.41) is 12.5. The quantitative estimate of drug-likeness (QED) is 0.614. The van der Waals surface area contributed by atoms with Gasteiger partial charge in [-0.1, -0.05) is 13.3 Å². The predicted octanol–water partition coefficient (Wildman–Crippen LogP) is 0.781. The molecule has 0 radical (unpaired) electrons. The predicted molar refractivity (Wildman–Crippen MR) is 61.4 cm³/mol. The lowest BCUT2D eigenvalue weighted by atomic mass is 9.99. The molecule has 0 aromatic heterocycles. The van der Waals surface area contributed by atoms with Crippen molar-refractivity contribution in [2.24, 2.45) is 5.73 Å².